The Morgan fingerprint density at radius 1 is 1.06 bits per heavy atom. The van der Waals surface area contributed by atoms with Crippen molar-refractivity contribution in [2.75, 3.05) is 5.73 Å². The Hall–Kier alpha value is -1.07. The van der Waals surface area contributed by atoms with Crippen LogP contribution in [0.1, 0.15) is 5.56 Å². The number of anilines is 1. The number of nitrogens with two attached hydrogens (primary N) is 1. The molecular formula is C13H10Br2FNO. The average molecular weight is 375 g/mol. The molecule has 2 aromatic carbocycles. The Morgan fingerprint density at radius 3 is 2.56 bits per heavy atom. The van der Waals surface area contributed by atoms with E-state index in [9.17, 15) is 4.39 Å². The summed E-state index contributed by atoms with van der Waals surface area (Å²) >= 11 is 6.55. The van der Waals surface area contributed by atoms with E-state index < -0.39 is 0 Å². The summed E-state index contributed by atoms with van der Waals surface area (Å²) in [5.74, 6) is 0.328. The van der Waals surface area contributed by atoms with Gasteiger partial charge in [-0.15, -0.1) is 0 Å². The van der Waals surface area contributed by atoms with Crippen LogP contribution in [0.15, 0.2) is 45.3 Å². The van der Waals surface area contributed by atoms with Gasteiger partial charge >= 0.3 is 0 Å². The van der Waals surface area contributed by atoms with Gasteiger partial charge in [-0.2, -0.15) is 0 Å². The highest BCUT2D eigenvalue weighted by Gasteiger charge is 2.08. The van der Waals surface area contributed by atoms with Gasteiger partial charge in [-0.3, -0.25) is 0 Å². The van der Waals surface area contributed by atoms with Gasteiger partial charge in [0.2, 0.25) is 0 Å². The molecule has 0 aliphatic carbocycles. The van der Waals surface area contributed by atoms with E-state index in [1.165, 1.54) is 6.07 Å². The van der Waals surface area contributed by atoms with Crippen LogP contribution in [0.5, 0.6) is 5.75 Å². The summed E-state index contributed by atoms with van der Waals surface area (Å²) in [6, 6.07) is 10.2. The molecule has 2 N–H and O–H groups in total. The van der Waals surface area contributed by atoms with E-state index in [0.717, 1.165) is 5.56 Å². The van der Waals surface area contributed by atoms with Gasteiger partial charge in [-0.05, 0) is 50.1 Å². The molecule has 5 heteroatoms. The van der Waals surface area contributed by atoms with Gasteiger partial charge in [-0.1, -0.05) is 18.2 Å². The minimum absolute atomic E-state index is 0.264. The molecule has 0 bridgehead atoms. The summed E-state index contributed by atoms with van der Waals surface area (Å²) < 4.78 is 20.1. The second-order valence-electron chi connectivity index (χ2n) is 3.66. The van der Waals surface area contributed by atoms with E-state index in [2.05, 4.69) is 31.9 Å². The highest BCUT2D eigenvalue weighted by molar-refractivity contribution is 9.11. The lowest BCUT2D eigenvalue weighted by Gasteiger charge is -2.11. The van der Waals surface area contributed by atoms with Gasteiger partial charge in [0.25, 0.3) is 0 Å². The number of halogens is 3. The van der Waals surface area contributed by atoms with Crippen LogP contribution >= 0.6 is 31.9 Å². The van der Waals surface area contributed by atoms with Crippen molar-refractivity contribution in [2.45, 2.75) is 6.61 Å². The number of hydrogen-bond acceptors (Lipinski definition) is 2. The standard InChI is InChI=1S/C13H10Br2FNO/c14-12-8(3-1-4-9(12)16)7-18-11-6-2-5-10(17)13(11)15/h1-6H,7,17H2. The van der Waals surface area contributed by atoms with Gasteiger partial charge in [0, 0.05) is 11.3 Å². The smallest absolute Gasteiger partial charge is 0.137 e. The van der Waals surface area contributed by atoms with E-state index in [1.54, 1.807) is 30.3 Å². The molecule has 0 aromatic heterocycles. The average Bonchev–Trinajstić information content (AvgIpc) is 2.36. The molecule has 0 saturated heterocycles. The van der Waals surface area contributed by atoms with Gasteiger partial charge in [-0.25, -0.2) is 4.39 Å². The van der Waals surface area contributed by atoms with Crippen molar-refractivity contribution in [2.24, 2.45) is 0 Å². The molecule has 0 unspecified atom stereocenters. The molecule has 18 heavy (non-hydrogen) atoms. The van der Waals surface area contributed by atoms with E-state index in [1.807, 2.05) is 0 Å². The quantitative estimate of drug-likeness (QED) is 0.802. The second-order valence-corrected chi connectivity index (χ2v) is 5.25. The number of nitrogen functional groups attached to an aromatic ring is 1. The molecule has 2 rings (SSSR count). The van der Waals surface area contributed by atoms with Crippen molar-refractivity contribution in [3.63, 3.8) is 0 Å². The molecular weight excluding hydrogens is 365 g/mol. The molecule has 0 amide bonds. The highest BCUT2D eigenvalue weighted by atomic mass is 79.9. The molecule has 2 aromatic rings. The van der Waals surface area contributed by atoms with Crippen molar-refractivity contribution < 1.29 is 9.13 Å². The maximum Gasteiger partial charge on any atom is 0.137 e. The first-order valence-electron chi connectivity index (χ1n) is 5.19. The van der Waals surface area contributed by atoms with Crippen LogP contribution in [0.4, 0.5) is 10.1 Å². The molecule has 0 aliphatic heterocycles. The second kappa shape index (κ2) is 5.71. The Morgan fingerprint density at radius 2 is 1.78 bits per heavy atom. The molecule has 0 saturated carbocycles. The van der Waals surface area contributed by atoms with Crippen molar-refractivity contribution in [3.8, 4) is 5.75 Å². The SMILES string of the molecule is Nc1cccc(OCc2cccc(F)c2Br)c1Br. The van der Waals surface area contributed by atoms with Crippen molar-refractivity contribution >= 4 is 37.5 Å². The minimum Gasteiger partial charge on any atom is -0.488 e. The van der Waals surface area contributed by atoms with E-state index in [0.29, 0.717) is 20.4 Å². The fraction of sp³-hybridized carbons (Fsp3) is 0.0769. The summed E-state index contributed by atoms with van der Waals surface area (Å²) in [6.45, 7) is 0.264. The van der Waals surface area contributed by atoms with Crippen LogP contribution in [-0.4, -0.2) is 0 Å². The third kappa shape index (κ3) is 2.84. The molecule has 0 aliphatic rings. The lowest BCUT2D eigenvalue weighted by molar-refractivity contribution is 0.303. The number of benzene rings is 2. The monoisotopic (exact) mass is 373 g/mol. The summed E-state index contributed by atoms with van der Waals surface area (Å²) in [6.07, 6.45) is 0. The molecule has 0 radical (unpaired) electrons. The van der Waals surface area contributed by atoms with Crippen LogP contribution in [0, 0.1) is 5.82 Å². The molecule has 0 heterocycles. The van der Waals surface area contributed by atoms with E-state index >= 15 is 0 Å². The van der Waals surface area contributed by atoms with Crippen molar-refractivity contribution in [1.29, 1.82) is 0 Å². The summed E-state index contributed by atoms with van der Waals surface area (Å²) in [5, 5.41) is 0. The maximum absolute atomic E-state index is 13.3. The fourth-order valence-corrected chi connectivity index (χ4v) is 2.21. The zero-order chi connectivity index (χ0) is 13.1. The summed E-state index contributed by atoms with van der Waals surface area (Å²) in [7, 11) is 0. The van der Waals surface area contributed by atoms with Crippen molar-refractivity contribution in [3.05, 3.63) is 56.7 Å². The Labute approximate surface area is 121 Å². The van der Waals surface area contributed by atoms with E-state index in [-0.39, 0.29) is 12.4 Å². The minimum atomic E-state index is -0.303. The van der Waals surface area contributed by atoms with E-state index in [4.69, 9.17) is 10.5 Å². The largest absolute Gasteiger partial charge is 0.488 e. The topological polar surface area (TPSA) is 35.2 Å². The van der Waals surface area contributed by atoms with Crippen LogP contribution in [0.3, 0.4) is 0 Å². The molecule has 2 nitrogen and oxygen atoms in total. The predicted octanol–water partition coefficient (Wildman–Crippen LogP) is 4.51. The Bertz CT molecular complexity index is 523. The predicted molar refractivity (Wildman–Crippen MR) is 77.0 cm³/mol. The third-order valence-corrected chi connectivity index (χ3v) is 4.14. The normalized spacial score (nSPS) is 10.4. The highest BCUT2D eigenvalue weighted by Crippen LogP contribution is 2.31. The Kier molecular flexibility index (Phi) is 4.24. The lowest BCUT2D eigenvalue weighted by Crippen LogP contribution is -1.99. The number of hydrogen-bond donors (Lipinski definition) is 1. The first-order chi connectivity index (χ1) is 8.59. The fourth-order valence-electron chi connectivity index (χ4n) is 1.45. The number of rotatable bonds is 3. The molecule has 0 atom stereocenters. The van der Waals surface area contributed by atoms with Gasteiger partial charge in [0.05, 0.1) is 8.95 Å². The van der Waals surface area contributed by atoms with Crippen LogP contribution < -0.4 is 10.5 Å². The third-order valence-electron chi connectivity index (χ3n) is 2.41. The van der Waals surface area contributed by atoms with Crippen molar-refractivity contribution in [1.82, 2.24) is 0 Å². The van der Waals surface area contributed by atoms with Gasteiger partial charge in [0.1, 0.15) is 18.2 Å². The number of ether oxygens (including phenoxy) is 1. The van der Waals surface area contributed by atoms with Gasteiger partial charge < -0.3 is 10.5 Å². The summed E-state index contributed by atoms with van der Waals surface area (Å²) in [5.41, 5.74) is 7.09. The van der Waals surface area contributed by atoms with Gasteiger partial charge in [0.15, 0.2) is 0 Å². The first-order valence-corrected chi connectivity index (χ1v) is 6.78. The first kappa shape index (κ1) is 13.4. The molecule has 0 fully saturated rings. The molecule has 94 valence electrons. The zero-order valence-electron chi connectivity index (χ0n) is 9.29. The van der Waals surface area contributed by atoms with Crippen LogP contribution in [0.2, 0.25) is 0 Å². The maximum atomic E-state index is 13.3. The Balaban J connectivity index is 2.17. The summed E-state index contributed by atoms with van der Waals surface area (Å²) in [4.78, 5) is 0. The van der Waals surface area contributed by atoms with Crippen LogP contribution in [-0.2, 0) is 6.61 Å². The zero-order valence-corrected chi connectivity index (χ0v) is 12.5. The van der Waals surface area contributed by atoms with Crippen LogP contribution in [0.25, 0.3) is 0 Å². The lowest BCUT2D eigenvalue weighted by atomic mass is 10.2. The molecule has 0 spiro atoms.